The summed E-state index contributed by atoms with van der Waals surface area (Å²) in [6.45, 7) is 2.09. The standard InChI is InChI=1S/C30H26FN3/c31-26-8-6-24(7-9-26)30-29(23-10-13-32-14-11-23)28(19-33-30)25-12-15-34-20-22(17-27(34)18-25)16-21-4-2-1-3-5-21/h1-11,13-14,16,18-19,27,33H,12,15,17,20H2/t27-/m0/s1. The Morgan fingerprint density at radius 1 is 0.941 bits per heavy atom. The number of pyridine rings is 1. The van der Waals surface area contributed by atoms with Crippen LogP contribution in [0.5, 0.6) is 0 Å². The van der Waals surface area contributed by atoms with E-state index in [2.05, 4.69) is 63.5 Å². The molecule has 0 bridgehead atoms. The van der Waals surface area contributed by atoms with Crippen LogP contribution in [0.25, 0.3) is 34.0 Å². The second-order valence-corrected chi connectivity index (χ2v) is 9.09. The van der Waals surface area contributed by atoms with Crippen LogP contribution < -0.4 is 0 Å². The molecule has 6 rings (SSSR count). The molecule has 4 heteroatoms. The minimum Gasteiger partial charge on any atom is -0.360 e. The number of benzene rings is 2. The number of nitrogens with zero attached hydrogens (tertiary/aromatic N) is 2. The molecule has 0 spiro atoms. The average molecular weight is 448 g/mol. The van der Waals surface area contributed by atoms with Gasteiger partial charge in [-0.2, -0.15) is 0 Å². The summed E-state index contributed by atoms with van der Waals surface area (Å²) in [6.07, 6.45) is 12.6. The molecule has 34 heavy (non-hydrogen) atoms. The third-order valence-corrected chi connectivity index (χ3v) is 6.91. The largest absolute Gasteiger partial charge is 0.360 e. The predicted molar refractivity (Wildman–Crippen MR) is 136 cm³/mol. The first-order valence-corrected chi connectivity index (χ1v) is 11.8. The van der Waals surface area contributed by atoms with Gasteiger partial charge in [0.25, 0.3) is 0 Å². The van der Waals surface area contributed by atoms with Crippen molar-refractivity contribution in [2.75, 3.05) is 13.1 Å². The first kappa shape index (κ1) is 20.8. The Labute approximate surface area is 199 Å². The van der Waals surface area contributed by atoms with E-state index in [4.69, 9.17) is 0 Å². The summed E-state index contributed by atoms with van der Waals surface area (Å²) in [4.78, 5) is 10.3. The van der Waals surface area contributed by atoms with E-state index >= 15 is 0 Å². The van der Waals surface area contributed by atoms with Gasteiger partial charge in [-0.05, 0) is 71.5 Å². The van der Waals surface area contributed by atoms with Gasteiger partial charge in [-0.15, -0.1) is 0 Å². The Morgan fingerprint density at radius 2 is 1.74 bits per heavy atom. The number of aromatic amines is 1. The van der Waals surface area contributed by atoms with Crippen LogP contribution in [0.3, 0.4) is 0 Å². The van der Waals surface area contributed by atoms with Crippen LogP contribution in [-0.4, -0.2) is 34.0 Å². The first-order valence-electron chi connectivity index (χ1n) is 11.8. The van der Waals surface area contributed by atoms with E-state index in [-0.39, 0.29) is 5.82 Å². The Bertz CT molecular complexity index is 1350. The topological polar surface area (TPSA) is 31.9 Å². The van der Waals surface area contributed by atoms with Crippen molar-refractivity contribution in [1.82, 2.24) is 14.9 Å². The highest BCUT2D eigenvalue weighted by Gasteiger charge is 2.31. The van der Waals surface area contributed by atoms with Crippen LogP contribution in [0.15, 0.2) is 97.0 Å². The number of rotatable bonds is 4. The normalized spacial score (nSPS) is 19.3. The third-order valence-electron chi connectivity index (χ3n) is 6.91. The Morgan fingerprint density at radius 3 is 2.53 bits per heavy atom. The van der Waals surface area contributed by atoms with Gasteiger partial charge in [0, 0.05) is 48.8 Å². The molecule has 4 heterocycles. The van der Waals surface area contributed by atoms with E-state index in [0.29, 0.717) is 6.04 Å². The third kappa shape index (κ3) is 4.02. The molecule has 2 aliphatic rings. The second-order valence-electron chi connectivity index (χ2n) is 9.09. The van der Waals surface area contributed by atoms with Gasteiger partial charge < -0.3 is 4.98 Å². The number of aromatic nitrogens is 2. The van der Waals surface area contributed by atoms with E-state index in [9.17, 15) is 4.39 Å². The van der Waals surface area contributed by atoms with Crippen LogP contribution in [0.1, 0.15) is 24.0 Å². The van der Waals surface area contributed by atoms with Crippen LogP contribution in [0, 0.1) is 5.82 Å². The summed E-state index contributed by atoms with van der Waals surface area (Å²) in [5.74, 6) is -0.225. The van der Waals surface area contributed by atoms with Gasteiger partial charge in [0.2, 0.25) is 0 Å². The van der Waals surface area contributed by atoms with Gasteiger partial charge >= 0.3 is 0 Å². The molecule has 3 nitrogen and oxygen atoms in total. The lowest BCUT2D eigenvalue weighted by atomic mass is 9.90. The molecular weight excluding hydrogens is 421 g/mol. The molecule has 0 amide bonds. The molecule has 1 N–H and O–H groups in total. The predicted octanol–water partition coefficient (Wildman–Crippen LogP) is 6.83. The molecule has 2 aromatic heterocycles. The van der Waals surface area contributed by atoms with E-state index in [0.717, 1.165) is 48.3 Å². The SMILES string of the molecule is Fc1ccc(-c2[nH]cc(C3=C[C@@H]4CC(=Cc5ccccc5)CN4CC3)c2-c2ccncc2)cc1. The fourth-order valence-electron chi connectivity index (χ4n) is 5.28. The van der Waals surface area contributed by atoms with Gasteiger partial charge in [0.1, 0.15) is 5.82 Å². The minimum absolute atomic E-state index is 0.225. The van der Waals surface area contributed by atoms with Crippen LogP contribution in [0.2, 0.25) is 0 Å². The van der Waals surface area contributed by atoms with Crippen LogP contribution >= 0.6 is 0 Å². The zero-order chi connectivity index (χ0) is 22.9. The fourth-order valence-corrected chi connectivity index (χ4v) is 5.28. The summed E-state index contributed by atoms with van der Waals surface area (Å²) in [5, 5.41) is 0. The van der Waals surface area contributed by atoms with Crippen molar-refractivity contribution in [2.24, 2.45) is 0 Å². The number of hydrogen-bond acceptors (Lipinski definition) is 2. The highest BCUT2D eigenvalue weighted by Crippen LogP contribution is 2.41. The number of halogens is 1. The molecule has 2 aromatic carbocycles. The number of hydrogen-bond donors (Lipinski definition) is 1. The van der Waals surface area contributed by atoms with E-state index in [1.54, 1.807) is 0 Å². The molecule has 0 saturated carbocycles. The first-order chi connectivity index (χ1) is 16.7. The summed E-state index contributed by atoms with van der Waals surface area (Å²) in [6, 6.07) is 21.8. The van der Waals surface area contributed by atoms with Crippen molar-refractivity contribution in [3.05, 3.63) is 114 Å². The molecule has 1 saturated heterocycles. The van der Waals surface area contributed by atoms with Crippen molar-refractivity contribution in [2.45, 2.75) is 18.9 Å². The summed E-state index contributed by atoms with van der Waals surface area (Å²) >= 11 is 0. The quantitative estimate of drug-likeness (QED) is 0.372. The lowest BCUT2D eigenvalue weighted by molar-refractivity contribution is 0.290. The molecular formula is C30H26FN3. The van der Waals surface area contributed by atoms with Crippen LogP contribution in [-0.2, 0) is 0 Å². The zero-order valence-corrected chi connectivity index (χ0v) is 18.9. The summed E-state index contributed by atoms with van der Waals surface area (Å²) in [7, 11) is 0. The number of fused-ring (bicyclic) bond motifs is 1. The maximum Gasteiger partial charge on any atom is 0.123 e. The highest BCUT2D eigenvalue weighted by molar-refractivity contribution is 5.91. The number of nitrogens with one attached hydrogen (secondary N) is 1. The maximum absolute atomic E-state index is 13.6. The Balaban J connectivity index is 1.37. The fraction of sp³-hybridized carbons (Fsp3) is 0.167. The van der Waals surface area contributed by atoms with E-state index in [1.165, 1.54) is 34.4 Å². The van der Waals surface area contributed by atoms with Crippen molar-refractivity contribution < 1.29 is 4.39 Å². The van der Waals surface area contributed by atoms with Crippen molar-refractivity contribution in [3.8, 4) is 22.4 Å². The lowest BCUT2D eigenvalue weighted by Crippen LogP contribution is -2.32. The van der Waals surface area contributed by atoms with Gasteiger partial charge in [-0.1, -0.05) is 48.1 Å². The molecule has 0 unspecified atom stereocenters. The molecule has 1 fully saturated rings. The van der Waals surface area contributed by atoms with Crippen LogP contribution in [0.4, 0.5) is 4.39 Å². The van der Waals surface area contributed by atoms with E-state index in [1.807, 2.05) is 36.7 Å². The molecule has 2 aliphatic heterocycles. The Hall–Kier alpha value is -3.76. The van der Waals surface area contributed by atoms with Gasteiger partial charge in [-0.25, -0.2) is 4.39 Å². The van der Waals surface area contributed by atoms with Gasteiger partial charge in [0.15, 0.2) is 0 Å². The molecule has 1 atom stereocenters. The minimum atomic E-state index is -0.225. The molecule has 0 aliphatic carbocycles. The average Bonchev–Trinajstić information content (AvgIpc) is 3.49. The monoisotopic (exact) mass is 447 g/mol. The smallest absolute Gasteiger partial charge is 0.123 e. The van der Waals surface area contributed by atoms with E-state index < -0.39 is 0 Å². The van der Waals surface area contributed by atoms with Crippen molar-refractivity contribution >= 4 is 11.6 Å². The second kappa shape index (κ2) is 8.88. The molecule has 168 valence electrons. The molecule has 4 aromatic rings. The van der Waals surface area contributed by atoms with Gasteiger partial charge in [0.05, 0.1) is 5.69 Å². The van der Waals surface area contributed by atoms with Crippen molar-refractivity contribution in [1.29, 1.82) is 0 Å². The summed E-state index contributed by atoms with van der Waals surface area (Å²) in [5.41, 5.74) is 9.63. The maximum atomic E-state index is 13.6. The highest BCUT2D eigenvalue weighted by atomic mass is 19.1. The molecule has 0 radical (unpaired) electrons. The number of H-pyrrole nitrogens is 1. The zero-order valence-electron chi connectivity index (χ0n) is 18.9. The Kier molecular flexibility index (Phi) is 5.44. The van der Waals surface area contributed by atoms with Gasteiger partial charge in [-0.3, -0.25) is 9.88 Å². The van der Waals surface area contributed by atoms with Crippen molar-refractivity contribution in [3.63, 3.8) is 0 Å². The summed E-state index contributed by atoms with van der Waals surface area (Å²) < 4.78 is 13.6. The lowest BCUT2D eigenvalue weighted by Gasteiger charge is -2.28.